The number of alkyl halides is 1. The minimum atomic E-state index is 0.0818. The van der Waals surface area contributed by atoms with Gasteiger partial charge in [-0.1, -0.05) is 35.7 Å². The summed E-state index contributed by atoms with van der Waals surface area (Å²) in [5.41, 5.74) is 0. The predicted octanol–water partition coefficient (Wildman–Crippen LogP) is 4.84. The number of rotatable bonds is 4. The van der Waals surface area contributed by atoms with Crippen LogP contribution in [-0.4, -0.2) is 16.9 Å². The van der Waals surface area contributed by atoms with Crippen molar-refractivity contribution in [3.8, 4) is 0 Å². The van der Waals surface area contributed by atoms with Crippen molar-refractivity contribution in [1.29, 1.82) is 0 Å². The van der Waals surface area contributed by atoms with Crippen molar-refractivity contribution in [3.05, 3.63) is 0 Å². The summed E-state index contributed by atoms with van der Waals surface area (Å²) < 4.78 is 5.74. The molecule has 110 valence electrons. The highest BCUT2D eigenvalue weighted by Gasteiger charge is 2.29. The highest BCUT2D eigenvalue weighted by molar-refractivity contribution is 9.09. The summed E-state index contributed by atoms with van der Waals surface area (Å²) in [7, 11) is 0. The number of hydrogen-bond acceptors (Lipinski definition) is 2. The SMILES string of the molecule is CCCC1CCC(OC(=O)C2CCC(Br)CC2)CC1. The summed E-state index contributed by atoms with van der Waals surface area (Å²) in [5.74, 6) is 1.13. The van der Waals surface area contributed by atoms with E-state index in [2.05, 4.69) is 22.9 Å². The zero-order chi connectivity index (χ0) is 13.7. The number of carbonyl (C=O) groups is 1. The lowest BCUT2D eigenvalue weighted by Gasteiger charge is -2.30. The smallest absolute Gasteiger partial charge is 0.309 e. The van der Waals surface area contributed by atoms with Gasteiger partial charge in [-0.2, -0.15) is 0 Å². The average molecular weight is 331 g/mol. The van der Waals surface area contributed by atoms with E-state index in [4.69, 9.17) is 4.74 Å². The van der Waals surface area contributed by atoms with Crippen molar-refractivity contribution < 1.29 is 9.53 Å². The highest BCUT2D eigenvalue weighted by Crippen LogP contribution is 2.32. The maximum Gasteiger partial charge on any atom is 0.309 e. The van der Waals surface area contributed by atoms with E-state index < -0.39 is 0 Å². The van der Waals surface area contributed by atoms with E-state index in [-0.39, 0.29) is 18.0 Å². The standard InChI is InChI=1S/C16H27BrO2/c1-2-3-12-4-10-15(11-5-12)19-16(18)13-6-8-14(17)9-7-13/h12-15H,2-11H2,1H3. The van der Waals surface area contributed by atoms with Gasteiger partial charge in [-0.25, -0.2) is 0 Å². The van der Waals surface area contributed by atoms with Crippen LogP contribution in [0.4, 0.5) is 0 Å². The van der Waals surface area contributed by atoms with Crippen molar-refractivity contribution in [2.24, 2.45) is 11.8 Å². The van der Waals surface area contributed by atoms with Crippen LogP contribution in [0, 0.1) is 11.8 Å². The Balaban J connectivity index is 1.69. The molecular formula is C16H27BrO2. The zero-order valence-electron chi connectivity index (χ0n) is 12.1. The third-order valence-electron chi connectivity index (χ3n) is 4.76. The molecule has 2 aliphatic rings. The van der Waals surface area contributed by atoms with Gasteiger partial charge in [0.05, 0.1) is 5.92 Å². The van der Waals surface area contributed by atoms with Crippen LogP contribution in [0.1, 0.15) is 71.1 Å². The second-order valence-corrected chi connectivity index (χ2v) is 7.61. The Morgan fingerprint density at radius 2 is 1.68 bits per heavy atom. The maximum absolute atomic E-state index is 12.1. The van der Waals surface area contributed by atoms with E-state index >= 15 is 0 Å². The first-order valence-corrected chi connectivity index (χ1v) is 8.95. The number of hydrogen-bond donors (Lipinski definition) is 0. The van der Waals surface area contributed by atoms with Crippen molar-refractivity contribution in [2.75, 3.05) is 0 Å². The van der Waals surface area contributed by atoms with Crippen LogP contribution in [0.3, 0.4) is 0 Å². The largest absolute Gasteiger partial charge is 0.462 e. The minimum absolute atomic E-state index is 0.0818. The Kier molecular flexibility index (Phi) is 6.18. The van der Waals surface area contributed by atoms with E-state index in [1.165, 1.54) is 25.7 Å². The Labute approximate surface area is 125 Å². The molecule has 2 rings (SSSR count). The molecule has 0 aromatic heterocycles. The van der Waals surface area contributed by atoms with Gasteiger partial charge in [0.15, 0.2) is 0 Å². The van der Waals surface area contributed by atoms with Crippen LogP contribution in [0.2, 0.25) is 0 Å². The first kappa shape index (κ1) is 15.3. The molecule has 2 fully saturated rings. The quantitative estimate of drug-likeness (QED) is 0.544. The lowest BCUT2D eigenvalue weighted by Crippen LogP contribution is -2.30. The van der Waals surface area contributed by atoms with E-state index in [9.17, 15) is 4.79 Å². The van der Waals surface area contributed by atoms with Gasteiger partial charge in [0.25, 0.3) is 0 Å². The summed E-state index contributed by atoms with van der Waals surface area (Å²) in [5, 5.41) is 0. The molecule has 0 aromatic rings. The molecule has 2 nitrogen and oxygen atoms in total. The molecule has 0 saturated heterocycles. The van der Waals surface area contributed by atoms with Crippen LogP contribution >= 0.6 is 15.9 Å². The predicted molar refractivity (Wildman–Crippen MR) is 81.4 cm³/mol. The number of esters is 1. The van der Waals surface area contributed by atoms with Crippen molar-refractivity contribution in [3.63, 3.8) is 0 Å². The van der Waals surface area contributed by atoms with Gasteiger partial charge in [-0.3, -0.25) is 4.79 Å². The molecular weight excluding hydrogens is 304 g/mol. The second-order valence-electron chi connectivity index (χ2n) is 6.32. The van der Waals surface area contributed by atoms with Gasteiger partial charge in [0, 0.05) is 4.83 Å². The van der Waals surface area contributed by atoms with Gasteiger partial charge < -0.3 is 4.74 Å². The fourth-order valence-electron chi connectivity index (χ4n) is 3.50. The fourth-order valence-corrected chi connectivity index (χ4v) is 4.02. The molecule has 0 unspecified atom stereocenters. The maximum atomic E-state index is 12.1. The Morgan fingerprint density at radius 1 is 1.05 bits per heavy atom. The van der Waals surface area contributed by atoms with Crippen LogP contribution in [-0.2, 0) is 9.53 Å². The third-order valence-corrected chi connectivity index (χ3v) is 5.68. The van der Waals surface area contributed by atoms with E-state index in [0.717, 1.165) is 44.4 Å². The van der Waals surface area contributed by atoms with Crippen molar-refractivity contribution in [1.82, 2.24) is 0 Å². The first-order valence-electron chi connectivity index (χ1n) is 8.03. The van der Waals surface area contributed by atoms with Crippen LogP contribution in [0.15, 0.2) is 0 Å². The molecule has 0 aromatic carbocycles. The van der Waals surface area contributed by atoms with Gasteiger partial charge in [0.2, 0.25) is 0 Å². The Hall–Kier alpha value is -0.0500. The van der Waals surface area contributed by atoms with E-state index in [1.54, 1.807) is 0 Å². The van der Waals surface area contributed by atoms with Crippen molar-refractivity contribution in [2.45, 2.75) is 82.1 Å². The number of carbonyl (C=O) groups excluding carboxylic acids is 1. The normalized spacial score (nSPS) is 35.9. The molecule has 2 saturated carbocycles. The lowest BCUT2D eigenvalue weighted by molar-refractivity contribution is -0.157. The van der Waals surface area contributed by atoms with Gasteiger partial charge in [-0.15, -0.1) is 0 Å². The Morgan fingerprint density at radius 3 is 2.26 bits per heavy atom. The molecule has 0 atom stereocenters. The molecule has 19 heavy (non-hydrogen) atoms. The van der Waals surface area contributed by atoms with E-state index in [1.807, 2.05) is 0 Å². The molecule has 3 heteroatoms. The summed E-state index contributed by atoms with van der Waals surface area (Å²) in [6.45, 7) is 2.26. The molecule has 2 aliphatic carbocycles. The first-order chi connectivity index (χ1) is 9.19. The van der Waals surface area contributed by atoms with Crippen molar-refractivity contribution >= 4 is 21.9 Å². The van der Waals surface area contributed by atoms with E-state index in [0.29, 0.717) is 4.83 Å². The van der Waals surface area contributed by atoms with Crippen LogP contribution in [0.5, 0.6) is 0 Å². The molecule has 0 heterocycles. The van der Waals surface area contributed by atoms with Gasteiger partial charge >= 0.3 is 5.97 Å². The second kappa shape index (κ2) is 7.66. The lowest BCUT2D eigenvalue weighted by atomic mass is 9.84. The topological polar surface area (TPSA) is 26.3 Å². The summed E-state index contributed by atoms with van der Waals surface area (Å²) in [4.78, 5) is 12.8. The third kappa shape index (κ3) is 4.77. The zero-order valence-corrected chi connectivity index (χ0v) is 13.7. The summed E-state index contributed by atoms with van der Waals surface area (Å²) in [6.07, 6.45) is 11.7. The Bertz CT molecular complexity index is 276. The fraction of sp³-hybridized carbons (Fsp3) is 0.938. The van der Waals surface area contributed by atoms with Crippen LogP contribution in [0.25, 0.3) is 0 Å². The van der Waals surface area contributed by atoms with Crippen LogP contribution < -0.4 is 0 Å². The molecule has 0 aliphatic heterocycles. The van der Waals surface area contributed by atoms with Gasteiger partial charge in [0.1, 0.15) is 6.10 Å². The summed E-state index contributed by atoms with van der Waals surface area (Å²) >= 11 is 3.63. The number of halogens is 1. The highest BCUT2D eigenvalue weighted by atomic mass is 79.9. The molecule has 0 amide bonds. The average Bonchev–Trinajstić information content (AvgIpc) is 2.42. The number of ether oxygens (including phenoxy) is 1. The summed E-state index contributed by atoms with van der Waals surface area (Å²) in [6, 6.07) is 0. The molecule has 0 bridgehead atoms. The monoisotopic (exact) mass is 330 g/mol. The molecule has 0 spiro atoms. The molecule has 0 radical (unpaired) electrons. The van der Waals surface area contributed by atoms with Gasteiger partial charge in [-0.05, 0) is 57.3 Å². The minimum Gasteiger partial charge on any atom is -0.462 e. The molecule has 0 N–H and O–H groups in total.